The minimum atomic E-state index is 0.559. The molecule has 7 aromatic carbocycles. The second kappa shape index (κ2) is 11.4. The number of hydrogen-bond donors (Lipinski definition) is 0. The van der Waals surface area contributed by atoms with Crippen LogP contribution < -0.4 is 0 Å². The molecule has 0 unspecified atom stereocenters. The third-order valence-corrected chi connectivity index (χ3v) is 9.55. The van der Waals surface area contributed by atoms with Crippen LogP contribution in [0.1, 0.15) is 11.1 Å². The van der Waals surface area contributed by atoms with Crippen LogP contribution in [0.4, 0.5) is 5.69 Å². The van der Waals surface area contributed by atoms with E-state index < -0.39 is 0 Å². The van der Waals surface area contributed by atoms with Crippen LogP contribution in [-0.2, 0) is 0 Å². The number of nitriles is 2. The molecule has 0 bridgehead atoms. The molecule has 50 heavy (non-hydrogen) atoms. The molecule has 0 saturated heterocycles. The molecule has 230 valence electrons. The Balaban J connectivity index is 1.23. The highest BCUT2D eigenvalue weighted by molar-refractivity contribution is 6.11. The molecule has 0 aliphatic heterocycles. The van der Waals surface area contributed by atoms with Crippen LogP contribution in [0, 0.1) is 29.2 Å². The van der Waals surface area contributed by atoms with Gasteiger partial charge in [0.1, 0.15) is 0 Å². The predicted octanol–water partition coefficient (Wildman–Crippen LogP) is 11.5. The lowest BCUT2D eigenvalue weighted by atomic mass is 9.96. The minimum absolute atomic E-state index is 0.559. The van der Waals surface area contributed by atoms with E-state index in [0.29, 0.717) is 16.8 Å². The zero-order chi connectivity index (χ0) is 33.8. The highest BCUT2D eigenvalue weighted by atomic mass is 15.0. The molecule has 5 heteroatoms. The lowest BCUT2D eigenvalue weighted by molar-refractivity contribution is 1.18. The lowest BCUT2D eigenvalue weighted by Gasteiger charge is -2.15. The van der Waals surface area contributed by atoms with Gasteiger partial charge in [-0.1, -0.05) is 84.9 Å². The lowest BCUT2D eigenvalue weighted by Crippen LogP contribution is -1.97. The molecule has 0 atom stereocenters. The summed E-state index contributed by atoms with van der Waals surface area (Å²) < 4.78 is 4.44. The zero-order valence-corrected chi connectivity index (χ0v) is 26.7. The first-order valence-corrected chi connectivity index (χ1v) is 16.2. The molecule has 9 rings (SSSR count). The third-order valence-electron chi connectivity index (χ3n) is 9.55. The second-order valence-electron chi connectivity index (χ2n) is 12.3. The monoisotopic (exact) mass is 635 g/mol. The van der Waals surface area contributed by atoms with Gasteiger partial charge in [0, 0.05) is 38.3 Å². The van der Waals surface area contributed by atoms with Gasteiger partial charge in [0.25, 0.3) is 0 Å². The van der Waals surface area contributed by atoms with Gasteiger partial charge in [-0.2, -0.15) is 10.5 Å². The van der Waals surface area contributed by atoms with Crippen molar-refractivity contribution in [3.05, 3.63) is 174 Å². The summed E-state index contributed by atoms with van der Waals surface area (Å²) in [5, 5.41) is 24.1. The maximum atomic E-state index is 10.2. The molecule has 0 fully saturated rings. The van der Waals surface area contributed by atoms with Crippen molar-refractivity contribution >= 4 is 49.3 Å². The van der Waals surface area contributed by atoms with Crippen molar-refractivity contribution in [2.24, 2.45) is 0 Å². The first kappa shape index (κ1) is 28.8. The van der Waals surface area contributed by atoms with Gasteiger partial charge in [0.15, 0.2) is 5.69 Å². The first-order chi connectivity index (χ1) is 24.6. The fourth-order valence-electron chi connectivity index (χ4n) is 7.36. The average molecular weight is 636 g/mol. The van der Waals surface area contributed by atoms with E-state index in [1.165, 1.54) is 0 Å². The number of aromatic nitrogens is 2. The van der Waals surface area contributed by atoms with E-state index in [9.17, 15) is 10.5 Å². The van der Waals surface area contributed by atoms with Crippen LogP contribution in [-0.4, -0.2) is 9.13 Å². The highest BCUT2D eigenvalue weighted by Crippen LogP contribution is 2.39. The summed E-state index contributed by atoms with van der Waals surface area (Å²) in [5.74, 6) is 0. The van der Waals surface area contributed by atoms with Crippen molar-refractivity contribution in [2.75, 3.05) is 0 Å². The van der Waals surface area contributed by atoms with E-state index in [-0.39, 0.29) is 0 Å². The van der Waals surface area contributed by atoms with Gasteiger partial charge in [-0.05, 0) is 83.4 Å². The normalized spacial score (nSPS) is 11.1. The summed E-state index contributed by atoms with van der Waals surface area (Å²) >= 11 is 0. The Bertz CT molecular complexity index is 2970. The molecule has 0 spiro atoms. The maximum absolute atomic E-state index is 10.2. The van der Waals surface area contributed by atoms with Crippen LogP contribution in [0.15, 0.2) is 152 Å². The average Bonchev–Trinajstić information content (AvgIpc) is 3.69. The number of para-hydroxylation sites is 3. The fourth-order valence-corrected chi connectivity index (χ4v) is 7.36. The van der Waals surface area contributed by atoms with Crippen molar-refractivity contribution in [3.63, 3.8) is 0 Å². The number of fused-ring (bicyclic) bond motifs is 6. The molecule has 0 amide bonds. The fraction of sp³-hybridized carbons (Fsp3) is 0. The molecule has 0 aliphatic rings. The molecular formula is C45H25N5. The van der Waals surface area contributed by atoms with Gasteiger partial charge in [-0.3, -0.25) is 0 Å². The van der Waals surface area contributed by atoms with Crippen LogP contribution in [0.5, 0.6) is 0 Å². The van der Waals surface area contributed by atoms with Gasteiger partial charge in [0.2, 0.25) is 0 Å². The number of rotatable bonds is 4. The largest absolute Gasteiger partial charge is 0.310 e. The first-order valence-electron chi connectivity index (χ1n) is 16.2. The summed E-state index contributed by atoms with van der Waals surface area (Å²) in [6.45, 7) is 7.68. The molecule has 0 N–H and O–H groups in total. The predicted molar refractivity (Wildman–Crippen MR) is 202 cm³/mol. The maximum Gasteiger partial charge on any atom is 0.189 e. The Morgan fingerprint density at radius 3 is 1.94 bits per heavy atom. The summed E-state index contributed by atoms with van der Waals surface area (Å²) in [7, 11) is 0. The van der Waals surface area contributed by atoms with Crippen molar-refractivity contribution in [1.82, 2.24) is 9.13 Å². The summed E-state index contributed by atoms with van der Waals surface area (Å²) in [6.07, 6.45) is 0. The van der Waals surface area contributed by atoms with Gasteiger partial charge >= 0.3 is 0 Å². The minimum Gasteiger partial charge on any atom is -0.310 e. The summed E-state index contributed by atoms with van der Waals surface area (Å²) in [6, 6.07) is 55.7. The number of nitrogens with zero attached hydrogens (tertiary/aromatic N) is 5. The topological polar surface area (TPSA) is 61.8 Å². The van der Waals surface area contributed by atoms with E-state index in [0.717, 1.165) is 77.2 Å². The standard InChI is InChI=1S/C45H25N5/c1-48-34-18-19-39-37-12-3-7-16-43(37)50(45(39)26-34)41-14-5-2-11-36(41)32-10-8-9-31(24-32)33-21-30(28-47)22-35(25-33)49-42-15-6-4-13-38(42)40-23-29(27-46)17-20-44(40)49/h2-26H. The third kappa shape index (κ3) is 4.45. The van der Waals surface area contributed by atoms with Gasteiger partial charge in [-0.25, -0.2) is 4.85 Å². The van der Waals surface area contributed by atoms with Crippen molar-refractivity contribution < 1.29 is 0 Å². The van der Waals surface area contributed by atoms with E-state index >= 15 is 0 Å². The number of benzene rings is 7. The van der Waals surface area contributed by atoms with Crippen molar-refractivity contribution in [1.29, 1.82) is 10.5 Å². The van der Waals surface area contributed by atoms with Crippen molar-refractivity contribution in [2.45, 2.75) is 0 Å². The molecule has 2 heterocycles. The molecule has 0 saturated carbocycles. The van der Waals surface area contributed by atoms with Crippen molar-refractivity contribution in [3.8, 4) is 45.8 Å². The summed E-state index contributed by atoms with van der Waals surface area (Å²) in [4.78, 5) is 3.73. The highest BCUT2D eigenvalue weighted by Gasteiger charge is 2.18. The van der Waals surface area contributed by atoms with E-state index in [1.807, 2.05) is 60.7 Å². The van der Waals surface area contributed by atoms with E-state index in [2.05, 4.69) is 117 Å². The Morgan fingerprint density at radius 2 is 1.14 bits per heavy atom. The van der Waals surface area contributed by atoms with Crippen LogP contribution in [0.25, 0.3) is 82.1 Å². The van der Waals surface area contributed by atoms with Crippen LogP contribution >= 0.6 is 0 Å². The van der Waals surface area contributed by atoms with E-state index in [4.69, 9.17) is 6.57 Å². The smallest absolute Gasteiger partial charge is 0.189 e. The Labute approximate surface area is 288 Å². The Morgan fingerprint density at radius 1 is 0.460 bits per heavy atom. The zero-order valence-electron chi connectivity index (χ0n) is 26.7. The molecular weight excluding hydrogens is 611 g/mol. The van der Waals surface area contributed by atoms with Crippen LogP contribution in [0.3, 0.4) is 0 Å². The summed E-state index contributed by atoms with van der Waals surface area (Å²) in [5.41, 5.74) is 11.7. The van der Waals surface area contributed by atoms with Crippen LogP contribution in [0.2, 0.25) is 0 Å². The molecule has 0 aliphatic carbocycles. The molecule has 0 radical (unpaired) electrons. The van der Waals surface area contributed by atoms with Gasteiger partial charge in [-0.15, -0.1) is 0 Å². The molecule has 2 aromatic heterocycles. The quantitative estimate of drug-likeness (QED) is 0.181. The second-order valence-corrected chi connectivity index (χ2v) is 12.3. The molecule has 9 aromatic rings. The van der Waals surface area contributed by atoms with Gasteiger partial charge in [0.05, 0.1) is 52.1 Å². The SMILES string of the molecule is [C-]#[N+]c1ccc2c3ccccc3n(-c3ccccc3-c3cccc(-c4cc(C#N)cc(-n5c6ccccc6c6cc(C#N)ccc65)c4)c3)c2c1. The Hall–Kier alpha value is -7.39. The van der Waals surface area contributed by atoms with Gasteiger partial charge < -0.3 is 9.13 Å². The number of hydrogen-bond acceptors (Lipinski definition) is 2. The Kier molecular flexibility index (Phi) is 6.56. The van der Waals surface area contributed by atoms with E-state index in [1.54, 1.807) is 0 Å². The molecule has 5 nitrogen and oxygen atoms in total.